The van der Waals surface area contributed by atoms with Crippen LogP contribution in [0.2, 0.25) is 0 Å². The normalized spacial score (nSPS) is 12.5. The molecule has 1 N–H and O–H groups in total. The summed E-state index contributed by atoms with van der Waals surface area (Å²) in [6.07, 6.45) is 0.782. The van der Waals surface area contributed by atoms with Crippen LogP contribution in [-0.2, 0) is 16.0 Å². The number of amides is 1. The van der Waals surface area contributed by atoms with Crippen LogP contribution in [0.3, 0.4) is 0 Å². The first-order chi connectivity index (χ1) is 13.0. The fourth-order valence-electron chi connectivity index (χ4n) is 2.72. The number of carbonyl (C=O) groups is 2. The lowest BCUT2D eigenvalue weighted by atomic mass is 10.0. The summed E-state index contributed by atoms with van der Waals surface area (Å²) >= 11 is 0. The van der Waals surface area contributed by atoms with Crippen LogP contribution in [-0.4, -0.2) is 23.7 Å². The highest BCUT2D eigenvalue weighted by Crippen LogP contribution is 2.25. The largest absolute Gasteiger partial charge is 0.444 e. The van der Waals surface area contributed by atoms with Gasteiger partial charge in [0.2, 0.25) is 0 Å². The quantitative estimate of drug-likeness (QED) is 0.474. The highest BCUT2D eigenvalue weighted by molar-refractivity contribution is 5.85. The maximum absolute atomic E-state index is 12.2. The SMILES string of the molecule is CCCc1c(C)c2ccc(OC(=O)C(C)NC(=O)OC(C)(C)C)cc2oc1=O. The van der Waals surface area contributed by atoms with Gasteiger partial charge in [0.05, 0.1) is 0 Å². The van der Waals surface area contributed by atoms with Crippen molar-refractivity contribution in [3.63, 3.8) is 0 Å². The van der Waals surface area contributed by atoms with Gasteiger partial charge in [-0.2, -0.15) is 0 Å². The van der Waals surface area contributed by atoms with E-state index in [0.717, 1.165) is 17.4 Å². The molecule has 7 heteroatoms. The van der Waals surface area contributed by atoms with Gasteiger partial charge >= 0.3 is 17.7 Å². The van der Waals surface area contributed by atoms with Gasteiger partial charge in [-0.25, -0.2) is 14.4 Å². The lowest BCUT2D eigenvalue weighted by Gasteiger charge is -2.21. The summed E-state index contributed by atoms with van der Waals surface area (Å²) in [6.45, 7) is 10.6. The first kappa shape index (κ1) is 21.5. The molecule has 1 heterocycles. The number of hydrogen-bond acceptors (Lipinski definition) is 6. The number of esters is 1. The number of nitrogens with one attached hydrogen (secondary N) is 1. The molecule has 0 aliphatic rings. The summed E-state index contributed by atoms with van der Waals surface area (Å²) in [6, 6.07) is 3.97. The van der Waals surface area contributed by atoms with Gasteiger partial charge in [0.1, 0.15) is 23.0 Å². The smallest absolute Gasteiger partial charge is 0.408 e. The maximum atomic E-state index is 12.2. The summed E-state index contributed by atoms with van der Waals surface area (Å²) < 4.78 is 15.8. The Morgan fingerprint density at radius 3 is 2.54 bits per heavy atom. The second-order valence-electron chi connectivity index (χ2n) is 7.69. The Morgan fingerprint density at radius 2 is 1.93 bits per heavy atom. The van der Waals surface area contributed by atoms with Gasteiger partial charge in [0.15, 0.2) is 0 Å². The molecule has 0 radical (unpaired) electrons. The molecular formula is C21H27NO6. The summed E-state index contributed by atoms with van der Waals surface area (Å²) in [4.78, 5) is 36.2. The lowest BCUT2D eigenvalue weighted by molar-refractivity contribution is -0.136. The fraction of sp³-hybridized carbons (Fsp3) is 0.476. The van der Waals surface area contributed by atoms with Crippen molar-refractivity contribution in [2.45, 2.75) is 66.0 Å². The van der Waals surface area contributed by atoms with Crippen LogP contribution in [0.15, 0.2) is 27.4 Å². The van der Waals surface area contributed by atoms with Crippen LogP contribution in [0.25, 0.3) is 11.0 Å². The minimum Gasteiger partial charge on any atom is -0.444 e. The molecule has 2 aromatic rings. The molecule has 1 unspecified atom stereocenters. The molecule has 1 aromatic heterocycles. The molecule has 28 heavy (non-hydrogen) atoms. The van der Waals surface area contributed by atoms with Gasteiger partial charge in [0, 0.05) is 17.0 Å². The lowest BCUT2D eigenvalue weighted by Crippen LogP contribution is -2.43. The summed E-state index contributed by atoms with van der Waals surface area (Å²) in [5.74, 6) is -0.437. The van der Waals surface area contributed by atoms with Gasteiger partial charge < -0.3 is 19.2 Å². The number of benzene rings is 1. The van der Waals surface area contributed by atoms with Gasteiger partial charge in [-0.15, -0.1) is 0 Å². The molecule has 152 valence electrons. The fourth-order valence-corrected chi connectivity index (χ4v) is 2.72. The molecule has 0 aliphatic heterocycles. The molecular weight excluding hydrogens is 362 g/mol. The molecule has 0 aliphatic carbocycles. The highest BCUT2D eigenvalue weighted by Gasteiger charge is 2.22. The Morgan fingerprint density at radius 1 is 1.25 bits per heavy atom. The predicted molar refractivity (Wildman–Crippen MR) is 106 cm³/mol. The molecule has 0 saturated heterocycles. The summed E-state index contributed by atoms with van der Waals surface area (Å²) in [7, 11) is 0. The van der Waals surface area contributed by atoms with Crippen molar-refractivity contribution in [2.24, 2.45) is 0 Å². The minimum atomic E-state index is -0.911. The standard InChI is InChI=1S/C21H27NO6/c1-7-8-16-12(2)15-10-9-14(11-17(15)27-19(16)24)26-18(23)13(3)22-20(25)28-21(4,5)6/h9-11,13H,7-8H2,1-6H3,(H,22,25). The van der Waals surface area contributed by atoms with Gasteiger partial charge in [-0.3, -0.25) is 0 Å². The summed E-state index contributed by atoms with van der Waals surface area (Å²) in [5.41, 5.74) is 0.828. The van der Waals surface area contributed by atoms with E-state index in [1.165, 1.54) is 13.0 Å². The Hall–Kier alpha value is -2.83. The van der Waals surface area contributed by atoms with Crippen LogP contribution in [0.4, 0.5) is 4.79 Å². The molecule has 0 spiro atoms. The zero-order valence-corrected chi connectivity index (χ0v) is 17.2. The van der Waals surface area contributed by atoms with Crippen LogP contribution < -0.4 is 15.7 Å². The van der Waals surface area contributed by atoms with Crippen LogP contribution in [0.1, 0.15) is 52.2 Å². The number of rotatable bonds is 5. The van der Waals surface area contributed by atoms with E-state index in [2.05, 4.69) is 5.32 Å². The average molecular weight is 389 g/mol. The van der Waals surface area contributed by atoms with Gasteiger partial charge in [-0.1, -0.05) is 13.3 Å². The molecule has 1 aromatic carbocycles. The third-order valence-electron chi connectivity index (χ3n) is 4.06. The molecule has 0 saturated carbocycles. The third-order valence-corrected chi connectivity index (χ3v) is 4.06. The zero-order valence-electron chi connectivity index (χ0n) is 17.2. The van der Waals surface area contributed by atoms with Crippen molar-refractivity contribution < 1.29 is 23.5 Å². The molecule has 7 nitrogen and oxygen atoms in total. The van der Waals surface area contributed by atoms with E-state index in [9.17, 15) is 14.4 Å². The Bertz CT molecular complexity index is 938. The van der Waals surface area contributed by atoms with Crippen molar-refractivity contribution >= 4 is 23.0 Å². The molecule has 0 fully saturated rings. The summed E-state index contributed by atoms with van der Waals surface area (Å²) in [5, 5.41) is 3.22. The number of aryl methyl sites for hydroxylation is 1. The molecule has 2 rings (SSSR count). The van der Waals surface area contributed by atoms with E-state index in [4.69, 9.17) is 13.9 Å². The predicted octanol–water partition coefficient (Wildman–Crippen LogP) is 3.87. The molecule has 1 atom stereocenters. The van der Waals surface area contributed by atoms with Crippen LogP contribution >= 0.6 is 0 Å². The van der Waals surface area contributed by atoms with Gasteiger partial charge in [-0.05, 0) is 58.7 Å². The third kappa shape index (κ3) is 5.34. The average Bonchev–Trinajstić information content (AvgIpc) is 2.56. The first-order valence-electron chi connectivity index (χ1n) is 9.29. The van der Waals surface area contributed by atoms with Crippen LogP contribution in [0, 0.1) is 6.92 Å². The van der Waals surface area contributed by atoms with Crippen LogP contribution in [0.5, 0.6) is 5.75 Å². The number of hydrogen-bond donors (Lipinski definition) is 1. The van der Waals surface area contributed by atoms with Crippen molar-refractivity contribution in [3.05, 3.63) is 39.7 Å². The van der Waals surface area contributed by atoms with Crippen molar-refractivity contribution in [1.82, 2.24) is 5.32 Å². The van der Waals surface area contributed by atoms with Crippen molar-refractivity contribution in [1.29, 1.82) is 0 Å². The van der Waals surface area contributed by atoms with Crippen molar-refractivity contribution in [3.8, 4) is 5.75 Å². The maximum Gasteiger partial charge on any atom is 0.408 e. The number of carbonyl (C=O) groups excluding carboxylic acids is 2. The second-order valence-corrected chi connectivity index (χ2v) is 7.69. The van der Waals surface area contributed by atoms with E-state index >= 15 is 0 Å². The van der Waals surface area contributed by atoms with E-state index in [0.29, 0.717) is 17.6 Å². The number of fused-ring (bicyclic) bond motifs is 1. The van der Waals surface area contributed by atoms with E-state index in [-0.39, 0.29) is 11.4 Å². The number of ether oxygens (including phenoxy) is 2. The number of alkyl carbamates (subject to hydrolysis) is 1. The Balaban J connectivity index is 2.15. The van der Waals surface area contributed by atoms with E-state index in [1.807, 2.05) is 13.8 Å². The van der Waals surface area contributed by atoms with Gasteiger partial charge in [0.25, 0.3) is 0 Å². The monoisotopic (exact) mass is 389 g/mol. The van der Waals surface area contributed by atoms with E-state index < -0.39 is 23.7 Å². The second kappa shape index (κ2) is 8.46. The molecule has 0 bridgehead atoms. The minimum absolute atomic E-state index is 0.223. The Labute approximate surface area is 164 Å². The zero-order chi connectivity index (χ0) is 21.1. The van der Waals surface area contributed by atoms with Crippen molar-refractivity contribution in [2.75, 3.05) is 0 Å². The van der Waals surface area contributed by atoms with E-state index in [1.54, 1.807) is 32.9 Å². The topological polar surface area (TPSA) is 94.8 Å². The first-order valence-corrected chi connectivity index (χ1v) is 9.29. The molecule has 1 amide bonds. The highest BCUT2D eigenvalue weighted by atomic mass is 16.6. The Kier molecular flexibility index (Phi) is 6.48.